The Kier molecular flexibility index (Phi) is 6.27. The highest BCUT2D eigenvalue weighted by Gasteiger charge is 1.97. The Balaban J connectivity index is 2.55. The van der Waals surface area contributed by atoms with Crippen molar-refractivity contribution in [1.29, 1.82) is 0 Å². The fourth-order valence-electron chi connectivity index (χ4n) is 1.25. The van der Waals surface area contributed by atoms with Crippen LogP contribution in [0.15, 0.2) is 24.3 Å². The third kappa shape index (κ3) is 5.46. The molecule has 17 heavy (non-hydrogen) atoms. The van der Waals surface area contributed by atoms with Gasteiger partial charge < -0.3 is 4.74 Å². The van der Waals surface area contributed by atoms with Crippen LogP contribution in [0.2, 0.25) is 0 Å². The van der Waals surface area contributed by atoms with Crippen LogP contribution in [-0.4, -0.2) is 17.5 Å². The average molecular weight is 248 g/mol. The second-order valence-corrected chi connectivity index (χ2v) is 4.59. The minimum absolute atomic E-state index is 0.140. The van der Waals surface area contributed by atoms with E-state index in [-0.39, 0.29) is 5.12 Å². The van der Waals surface area contributed by atoms with E-state index in [2.05, 4.69) is 11.8 Å². The van der Waals surface area contributed by atoms with Crippen molar-refractivity contribution in [2.75, 3.05) is 12.4 Å². The number of carbonyl (C=O) groups excluding carboxylic acids is 1. The summed E-state index contributed by atoms with van der Waals surface area (Å²) in [7, 11) is 0. The topological polar surface area (TPSA) is 26.3 Å². The Labute approximate surface area is 107 Å². The van der Waals surface area contributed by atoms with Crippen LogP contribution in [0.5, 0.6) is 5.75 Å². The van der Waals surface area contributed by atoms with Crippen LogP contribution in [0.3, 0.4) is 0 Å². The van der Waals surface area contributed by atoms with Gasteiger partial charge in [-0.1, -0.05) is 35.7 Å². The maximum Gasteiger partial charge on any atom is 0.185 e. The SMILES string of the molecule is CCOc1ccccc1C#CCCSC(C)=O. The monoisotopic (exact) mass is 248 g/mol. The van der Waals surface area contributed by atoms with Crippen LogP contribution in [0.1, 0.15) is 25.8 Å². The predicted octanol–water partition coefficient (Wildman–Crippen LogP) is 3.11. The lowest BCUT2D eigenvalue weighted by molar-refractivity contribution is -0.109. The Morgan fingerprint density at radius 2 is 2.18 bits per heavy atom. The number of hydrogen-bond donors (Lipinski definition) is 0. The molecule has 1 aromatic rings. The summed E-state index contributed by atoms with van der Waals surface area (Å²) in [6.07, 6.45) is 0.713. The second kappa shape index (κ2) is 7.81. The summed E-state index contributed by atoms with van der Waals surface area (Å²) in [6.45, 7) is 4.16. The molecule has 0 atom stereocenters. The van der Waals surface area contributed by atoms with E-state index in [1.807, 2.05) is 31.2 Å². The number of ether oxygens (including phenoxy) is 1. The van der Waals surface area contributed by atoms with Gasteiger partial charge >= 0.3 is 0 Å². The van der Waals surface area contributed by atoms with Crippen LogP contribution in [0.4, 0.5) is 0 Å². The van der Waals surface area contributed by atoms with E-state index < -0.39 is 0 Å². The van der Waals surface area contributed by atoms with Crippen LogP contribution in [-0.2, 0) is 4.79 Å². The molecule has 0 aliphatic rings. The van der Waals surface area contributed by atoms with Gasteiger partial charge in [0, 0.05) is 19.1 Å². The highest BCUT2D eigenvalue weighted by molar-refractivity contribution is 8.13. The Morgan fingerprint density at radius 1 is 1.41 bits per heavy atom. The summed E-state index contributed by atoms with van der Waals surface area (Å²) in [5.41, 5.74) is 0.905. The molecule has 1 rings (SSSR count). The zero-order valence-corrected chi connectivity index (χ0v) is 11.0. The maximum absolute atomic E-state index is 10.7. The van der Waals surface area contributed by atoms with E-state index >= 15 is 0 Å². The third-order valence-electron chi connectivity index (χ3n) is 1.94. The first-order valence-electron chi connectivity index (χ1n) is 5.58. The van der Waals surface area contributed by atoms with Gasteiger partial charge in [-0.15, -0.1) is 0 Å². The van der Waals surface area contributed by atoms with E-state index in [1.165, 1.54) is 11.8 Å². The first kappa shape index (κ1) is 13.7. The minimum Gasteiger partial charge on any atom is -0.493 e. The first-order valence-corrected chi connectivity index (χ1v) is 6.56. The summed E-state index contributed by atoms with van der Waals surface area (Å²) in [5.74, 6) is 7.70. The molecule has 1 aromatic carbocycles. The van der Waals surface area contributed by atoms with Crippen molar-refractivity contribution < 1.29 is 9.53 Å². The Bertz CT molecular complexity index is 429. The van der Waals surface area contributed by atoms with Crippen LogP contribution in [0.25, 0.3) is 0 Å². The molecule has 0 aliphatic carbocycles. The summed E-state index contributed by atoms with van der Waals surface area (Å²) < 4.78 is 5.47. The number of benzene rings is 1. The van der Waals surface area contributed by atoms with Crippen LogP contribution < -0.4 is 4.74 Å². The zero-order chi connectivity index (χ0) is 12.5. The van der Waals surface area contributed by atoms with Gasteiger partial charge in [-0.3, -0.25) is 4.79 Å². The molecule has 0 spiro atoms. The van der Waals surface area contributed by atoms with Crippen molar-refractivity contribution in [3.8, 4) is 17.6 Å². The smallest absolute Gasteiger partial charge is 0.185 e. The molecule has 90 valence electrons. The Hall–Kier alpha value is -1.40. The fraction of sp³-hybridized carbons (Fsp3) is 0.357. The molecule has 0 amide bonds. The fourth-order valence-corrected chi connectivity index (χ4v) is 1.75. The van der Waals surface area contributed by atoms with E-state index in [4.69, 9.17) is 4.74 Å². The van der Waals surface area contributed by atoms with Crippen molar-refractivity contribution in [3.05, 3.63) is 29.8 Å². The maximum atomic E-state index is 10.7. The lowest BCUT2D eigenvalue weighted by Gasteiger charge is -2.04. The van der Waals surface area contributed by atoms with Crippen LogP contribution >= 0.6 is 11.8 Å². The highest BCUT2D eigenvalue weighted by Crippen LogP contribution is 2.16. The van der Waals surface area contributed by atoms with Gasteiger partial charge in [-0.25, -0.2) is 0 Å². The first-order chi connectivity index (χ1) is 8.24. The molecule has 0 N–H and O–H groups in total. The predicted molar refractivity (Wildman–Crippen MR) is 72.2 cm³/mol. The largest absolute Gasteiger partial charge is 0.493 e. The molecule has 0 fully saturated rings. The quantitative estimate of drug-likeness (QED) is 0.605. The molecule has 2 nitrogen and oxygen atoms in total. The van der Waals surface area contributed by atoms with Crippen molar-refractivity contribution in [2.45, 2.75) is 20.3 Å². The second-order valence-electron chi connectivity index (χ2n) is 3.32. The van der Waals surface area contributed by atoms with Gasteiger partial charge in [0.05, 0.1) is 12.2 Å². The molecule has 0 aromatic heterocycles. The molecular weight excluding hydrogens is 232 g/mol. The van der Waals surface area contributed by atoms with E-state index in [9.17, 15) is 4.79 Å². The molecule has 0 heterocycles. The third-order valence-corrected chi connectivity index (χ3v) is 2.76. The molecular formula is C14H16O2S. The van der Waals surface area contributed by atoms with Crippen molar-refractivity contribution in [2.24, 2.45) is 0 Å². The number of thioether (sulfide) groups is 1. The molecule has 0 unspecified atom stereocenters. The minimum atomic E-state index is 0.140. The summed E-state index contributed by atoms with van der Waals surface area (Å²) in [6, 6.07) is 7.73. The van der Waals surface area contributed by atoms with Gasteiger partial charge in [0.15, 0.2) is 5.12 Å². The molecule has 0 aliphatic heterocycles. The average Bonchev–Trinajstić information content (AvgIpc) is 2.31. The van der Waals surface area contributed by atoms with Gasteiger partial charge in [0.2, 0.25) is 0 Å². The van der Waals surface area contributed by atoms with E-state index in [1.54, 1.807) is 6.92 Å². The molecule has 0 saturated carbocycles. The number of carbonyl (C=O) groups is 1. The Morgan fingerprint density at radius 3 is 2.88 bits per heavy atom. The highest BCUT2D eigenvalue weighted by atomic mass is 32.2. The standard InChI is InChI=1S/C14H16O2S/c1-3-16-14-10-5-4-8-13(14)9-6-7-11-17-12(2)15/h4-5,8,10H,3,7,11H2,1-2H3. The van der Waals surface area contributed by atoms with Gasteiger partial charge in [0.1, 0.15) is 5.75 Å². The molecule has 3 heteroatoms. The summed E-state index contributed by atoms with van der Waals surface area (Å²) >= 11 is 1.31. The molecule has 0 bridgehead atoms. The normalized spacial score (nSPS) is 9.29. The number of para-hydroxylation sites is 1. The van der Waals surface area contributed by atoms with E-state index in [0.29, 0.717) is 13.0 Å². The van der Waals surface area contributed by atoms with Crippen molar-refractivity contribution >= 4 is 16.9 Å². The number of rotatable bonds is 4. The van der Waals surface area contributed by atoms with E-state index in [0.717, 1.165) is 17.1 Å². The zero-order valence-electron chi connectivity index (χ0n) is 10.2. The van der Waals surface area contributed by atoms with Gasteiger partial charge in [0.25, 0.3) is 0 Å². The number of hydrogen-bond acceptors (Lipinski definition) is 3. The van der Waals surface area contributed by atoms with Crippen LogP contribution in [0, 0.1) is 11.8 Å². The molecule has 0 radical (unpaired) electrons. The van der Waals surface area contributed by atoms with Crippen molar-refractivity contribution in [3.63, 3.8) is 0 Å². The lowest BCUT2D eigenvalue weighted by atomic mass is 10.2. The summed E-state index contributed by atoms with van der Waals surface area (Å²) in [4.78, 5) is 10.7. The summed E-state index contributed by atoms with van der Waals surface area (Å²) in [5, 5.41) is 0.140. The molecule has 0 saturated heterocycles. The lowest BCUT2D eigenvalue weighted by Crippen LogP contribution is -1.93. The van der Waals surface area contributed by atoms with Crippen molar-refractivity contribution in [1.82, 2.24) is 0 Å². The van der Waals surface area contributed by atoms with Gasteiger partial charge in [-0.05, 0) is 19.1 Å². The van der Waals surface area contributed by atoms with Gasteiger partial charge in [-0.2, -0.15) is 0 Å².